The second-order valence-corrected chi connectivity index (χ2v) is 5.89. The molecule has 0 bridgehead atoms. The Balaban J connectivity index is 0.00000132. The Hall–Kier alpha value is -1.91. The molecule has 2 aromatic carbocycles. The van der Waals surface area contributed by atoms with E-state index >= 15 is 0 Å². The molecule has 1 aliphatic heterocycles. The molecule has 0 saturated carbocycles. The predicted molar refractivity (Wildman–Crippen MR) is 75.0 cm³/mol. The molecule has 6 nitrogen and oxygen atoms in total. The molecular weight excluding hydrogens is 301 g/mol. The first-order valence-electron chi connectivity index (χ1n) is 5.95. The number of hydrogen-bond donors (Lipinski definition) is 1. The van der Waals surface area contributed by atoms with Gasteiger partial charge in [0.05, 0.1) is 21.7 Å². The van der Waals surface area contributed by atoms with Gasteiger partial charge in [0.15, 0.2) is 0 Å². The van der Waals surface area contributed by atoms with Gasteiger partial charge in [0.1, 0.15) is 0 Å². The maximum atomic E-state index is 12.3. The number of rotatable bonds is 2. The Morgan fingerprint density at radius 3 is 2.09 bits per heavy atom. The van der Waals surface area contributed by atoms with Crippen molar-refractivity contribution in [1.29, 1.82) is 0 Å². The number of anilines is 1. The Morgan fingerprint density at radius 2 is 1.50 bits per heavy atom. The second-order valence-electron chi connectivity index (χ2n) is 4.46. The molecular formula is C14H10LiNO5S. The molecule has 0 aromatic heterocycles. The Bertz CT molecular complexity index is 870. The fourth-order valence-corrected chi connectivity index (χ4v) is 2.70. The third kappa shape index (κ3) is 2.60. The van der Waals surface area contributed by atoms with E-state index in [-0.39, 0.29) is 31.4 Å². The van der Waals surface area contributed by atoms with Gasteiger partial charge in [-0.1, -0.05) is 18.2 Å². The van der Waals surface area contributed by atoms with Crippen LogP contribution in [0.3, 0.4) is 0 Å². The number of benzene rings is 2. The van der Waals surface area contributed by atoms with Gasteiger partial charge in [0.2, 0.25) is 0 Å². The first-order valence-corrected chi connectivity index (χ1v) is 7.39. The molecule has 0 atom stereocenters. The maximum absolute atomic E-state index is 12.3. The van der Waals surface area contributed by atoms with Crippen molar-refractivity contribution in [3.8, 4) is 0 Å². The van der Waals surface area contributed by atoms with Crippen molar-refractivity contribution in [2.75, 3.05) is 4.90 Å². The number of nitrogens with zero attached hydrogens (tertiary/aromatic N) is 1. The van der Waals surface area contributed by atoms with E-state index in [9.17, 15) is 18.0 Å². The monoisotopic (exact) mass is 311 g/mol. The van der Waals surface area contributed by atoms with Gasteiger partial charge in [-0.05, 0) is 30.3 Å². The van der Waals surface area contributed by atoms with E-state index in [1.807, 2.05) is 0 Å². The summed E-state index contributed by atoms with van der Waals surface area (Å²) in [6.45, 7) is 0. The Kier molecular flexibility index (Phi) is 4.27. The first kappa shape index (κ1) is 16.5. The summed E-state index contributed by atoms with van der Waals surface area (Å²) in [6.07, 6.45) is 0. The molecule has 0 unspecified atom stereocenters. The Morgan fingerprint density at radius 1 is 0.909 bits per heavy atom. The van der Waals surface area contributed by atoms with Crippen LogP contribution in [0.4, 0.5) is 5.69 Å². The quantitative estimate of drug-likeness (QED) is 0.430. The van der Waals surface area contributed by atoms with Crippen LogP contribution in [-0.4, -0.2) is 24.8 Å². The minimum atomic E-state index is -4.43. The van der Waals surface area contributed by atoms with Crippen LogP contribution in [0.15, 0.2) is 53.4 Å². The minimum absolute atomic E-state index is 0. The van der Waals surface area contributed by atoms with Crippen LogP contribution in [0.25, 0.3) is 0 Å². The number of para-hydroxylation sites is 1. The minimum Gasteiger partial charge on any atom is -1.00 e. The third-order valence-corrected chi connectivity index (χ3v) is 4.02. The van der Waals surface area contributed by atoms with Gasteiger partial charge in [0, 0.05) is 0 Å². The van der Waals surface area contributed by atoms with Crippen LogP contribution in [0.2, 0.25) is 0 Å². The molecule has 0 spiro atoms. The molecule has 1 N–H and O–H groups in total. The SMILES string of the molecule is O=C1c2ccc(S(=O)(=O)O)cc2C(=O)N1c1ccccc1.[H-].[Li+]. The average Bonchev–Trinajstić information content (AvgIpc) is 2.70. The summed E-state index contributed by atoms with van der Waals surface area (Å²) >= 11 is 0. The molecule has 0 fully saturated rings. The van der Waals surface area contributed by atoms with Crippen molar-refractivity contribution < 1.29 is 42.8 Å². The molecule has 0 saturated heterocycles. The molecule has 1 aliphatic rings. The zero-order valence-electron chi connectivity index (χ0n) is 12.6. The number of imide groups is 1. The van der Waals surface area contributed by atoms with E-state index in [2.05, 4.69) is 0 Å². The van der Waals surface area contributed by atoms with Crippen molar-refractivity contribution in [2.24, 2.45) is 0 Å². The zero-order chi connectivity index (χ0) is 15.2. The molecule has 0 radical (unpaired) electrons. The smallest absolute Gasteiger partial charge is 1.00 e. The van der Waals surface area contributed by atoms with E-state index in [4.69, 9.17) is 4.55 Å². The average molecular weight is 311 g/mol. The van der Waals surface area contributed by atoms with Crippen LogP contribution in [0.1, 0.15) is 22.1 Å². The van der Waals surface area contributed by atoms with Crippen molar-refractivity contribution in [3.05, 3.63) is 59.7 Å². The fraction of sp³-hybridized carbons (Fsp3) is 0. The number of hydrogen-bond acceptors (Lipinski definition) is 4. The van der Waals surface area contributed by atoms with Crippen LogP contribution >= 0.6 is 0 Å². The van der Waals surface area contributed by atoms with Crippen molar-refractivity contribution in [2.45, 2.75) is 4.90 Å². The van der Waals surface area contributed by atoms with Crippen LogP contribution < -0.4 is 23.8 Å². The number of fused-ring (bicyclic) bond motifs is 1. The summed E-state index contributed by atoms with van der Waals surface area (Å²) in [7, 11) is -4.43. The summed E-state index contributed by atoms with van der Waals surface area (Å²) in [5.41, 5.74) is 0.465. The zero-order valence-corrected chi connectivity index (χ0v) is 12.4. The molecule has 2 amide bonds. The van der Waals surface area contributed by atoms with E-state index < -0.39 is 26.8 Å². The topological polar surface area (TPSA) is 91.7 Å². The maximum Gasteiger partial charge on any atom is 1.00 e. The van der Waals surface area contributed by atoms with Gasteiger partial charge in [-0.15, -0.1) is 0 Å². The van der Waals surface area contributed by atoms with Gasteiger partial charge < -0.3 is 1.43 Å². The predicted octanol–water partition coefficient (Wildman–Crippen LogP) is -1.15. The fourth-order valence-electron chi connectivity index (χ4n) is 2.19. The number of amides is 2. The van der Waals surface area contributed by atoms with E-state index in [0.29, 0.717) is 5.69 Å². The molecule has 22 heavy (non-hydrogen) atoms. The normalized spacial score (nSPS) is 13.8. The molecule has 8 heteroatoms. The summed E-state index contributed by atoms with van der Waals surface area (Å²) in [5.74, 6) is -1.14. The molecule has 2 aromatic rings. The first-order chi connectivity index (χ1) is 9.89. The van der Waals surface area contributed by atoms with Crippen LogP contribution in [0, 0.1) is 0 Å². The molecule has 108 valence electrons. The number of carbonyl (C=O) groups is 2. The van der Waals surface area contributed by atoms with Crippen LogP contribution in [-0.2, 0) is 10.1 Å². The summed E-state index contributed by atoms with van der Waals surface area (Å²) in [4.78, 5) is 25.1. The second kappa shape index (κ2) is 5.70. The van der Waals surface area contributed by atoms with E-state index in [1.54, 1.807) is 30.3 Å². The van der Waals surface area contributed by atoms with Crippen molar-refractivity contribution in [3.63, 3.8) is 0 Å². The van der Waals surface area contributed by atoms with E-state index in [0.717, 1.165) is 17.0 Å². The van der Waals surface area contributed by atoms with E-state index in [1.165, 1.54) is 6.07 Å². The molecule has 1 heterocycles. The van der Waals surface area contributed by atoms with Gasteiger partial charge in [-0.3, -0.25) is 14.1 Å². The standard InChI is InChI=1S/C14H9NO5S.Li.H/c16-13-11-7-6-10(21(18,19)20)8-12(11)14(17)15(13)9-4-2-1-3-5-9;;/h1-8H,(H,18,19,20);;/q;+1;-1. The molecule has 3 rings (SSSR count). The summed E-state index contributed by atoms with van der Waals surface area (Å²) in [5, 5.41) is 0. The third-order valence-electron chi connectivity index (χ3n) is 3.17. The van der Waals surface area contributed by atoms with Crippen molar-refractivity contribution in [1.82, 2.24) is 0 Å². The van der Waals surface area contributed by atoms with Gasteiger partial charge in [0.25, 0.3) is 21.9 Å². The largest absolute Gasteiger partial charge is 1.00 e. The van der Waals surface area contributed by atoms with Crippen molar-refractivity contribution >= 4 is 27.6 Å². The number of carbonyl (C=O) groups excluding carboxylic acids is 2. The summed E-state index contributed by atoms with van der Waals surface area (Å²) < 4.78 is 31.3. The van der Waals surface area contributed by atoms with Gasteiger partial charge >= 0.3 is 18.9 Å². The van der Waals surface area contributed by atoms with Crippen LogP contribution in [0.5, 0.6) is 0 Å². The molecule has 0 aliphatic carbocycles. The van der Waals surface area contributed by atoms with Gasteiger partial charge in [-0.25, -0.2) is 4.90 Å². The summed E-state index contributed by atoms with van der Waals surface area (Å²) in [6, 6.07) is 11.6. The van der Waals surface area contributed by atoms with Gasteiger partial charge in [-0.2, -0.15) is 8.42 Å². The Labute approximate surface area is 140 Å².